The lowest BCUT2D eigenvalue weighted by molar-refractivity contribution is 0.102. The molecule has 1 aliphatic heterocycles. The molecule has 3 aromatic carbocycles. The summed E-state index contributed by atoms with van der Waals surface area (Å²) >= 11 is 0. The van der Waals surface area contributed by atoms with E-state index in [1.54, 1.807) is 18.0 Å². The quantitative estimate of drug-likeness (QED) is 0.426. The number of nitrogens with one attached hydrogen (secondary N) is 1. The highest BCUT2D eigenvalue weighted by molar-refractivity contribution is 6.08. The Morgan fingerprint density at radius 3 is 2.51 bits per heavy atom. The van der Waals surface area contributed by atoms with Gasteiger partial charge in [-0.3, -0.25) is 9.48 Å². The summed E-state index contributed by atoms with van der Waals surface area (Å²) in [5.41, 5.74) is 4.91. The van der Waals surface area contributed by atoms with Gasteiger partial charge in [0.2, 0.25) is 0 Å². The molecule has 0 saturated carbocycles. The molecule has 7 heteroatoms. The standard InChI is InChI=1S/C28H28N4O3/c1-34-25-9-5-8-22(18-25)27-26(20-32(30-27)19-21-6-3-2-4-7-21)28(33)29-23-10-12-24(13-11-23)31-14-16-35-17-15-31/h2-13,18,20H,14-17,19H2,1H3,(H,29,33). The van der Waals surface area contributed by atoms with E-state index in [0.717, 1.165) is 48.8 Å². The first-order valence-corrected chi connectivity index (χ1v) is 11.7. The van der Waals surface area contributed by atoms with Gasteiger partial charge in [0.15, 0.2) is 0 Å². The molecular weight excluding hydrogens is 440 g/mol. The van der Waals surface area contributed by atoms with E-state index < -0.39 is 0 Å². The third kappa shape index (κ3) is 5.36. The van der Waals surface area contributed by atoms with Crippen LogP contribution < -0.4 is 15.0 Å². The highest BCUT2D eigenvalue weighted by atomic mass is 16.5. The fraction of sp³-hybridized carbons (Fsp3) is 0.214. The average Bonchev–Trinajstić information content (AvgIpc) is 3.34. The van der Waals surface area contributed by atoms with Gasteiger partial charge in [-0.1, -0.05) is 42.5 Å². The maximum absolute atomic E-state index is 13.4. The molecule has 0 aliphatic carbocycles. The number of hydrogen-bond acceptors (Lipinski definition) is 5. The van der Waals surface area contributed by atoms with Crippen LogP contribution in [0, 0.1) is 0 Å². The molecule has 1 N–H and O–H groups in total. The number of carbonyl (C=O) groups is 1. The van der Waals surface area contributed by atoms with Crippen molar-refractivity contribution in [3.63, 3.8) is 0 Å². The number of amides is 1. The summed E-state index contributed by atoms with van der Waals surface area (Å²) < 4.78 is 12.6. The van der Waals surface area contributed by atoms with Crippen molar-refractivity contribution in [3.8, 4) is 17.0 Å². The first kappa shape index (κ1) is 22.7. The Morgan fingerprint density at radius 1 is 1.00 bits per heavy atom. The molecule has 0 atom stereocenters. The fourth-order valence-corrected chi connectivity index (χ4v) is 4.20. The van der Waals surface area contributed by atoms with E-state index in [-0.39, 0.29) is 5.91 Å². The summed E-state index contributed by atoms with van der Waals surface area (Å²) in [6.07, 6.45) is 1.80. The Labute approximate surface area is 204 Å². The first-order valence-electron chi connectivity index (χ1n) is 11.7. The molecule has 0 unspecified atom stereocenters. The van der Waals surface area contributed by atoms with Crippen LogP contribution in [0.25, 0.3) is 11.3 Å². The summed E-state index contributed by atoms with van der Waals surface area (Å²) in [7, 11) is 1.63. The van der Waals surface area contributed by atoms with E-state index in [1.165, 1.54) is 0 Å². The predicted molar refractivity (Wildman–Crippen MR) is 137 cm³/mol. The van der Waals surface area contributed by atoms with Crippen LogP contribution in [0.15, 0.2) is 85.1 Å². The molecule has 0 spiro atoms. The smallest absolute Gasteiger partial charge is 0.259 e. The van der Waals surface area contributed by atoms with Crippen LogP contribution in [0.2, 0.25) is 0 Å². The highest BCUT2D eigenvalue weighted by Gasteiger charge is 2.19. The third-order valence-electron chi connectivity index (χ3n) is 6.04. The van der Waals surface area contributed by atoms with Gasteiger partial charge in [-0.05, 0) is 42.0 Å². The minimum atomic E-state index is -0.207. The summed E-state index contributed by atoms with van der Waals surface area (Å²) in [5.74, 6) is 0.506. The number of methoxy groups -OCH3 is 1. The van der Waals surface area contributed by atoms with Crippen molar-refractivity contribution in [2.24, 2.45) is 0 Å². The van der Waals surface area contributed by atoms with Crippen molar-refractivity contribution < 1.29 is 14.3 Å². The number of morpholine rings is 1. The van der Waals surface area contributed by atoms with Crippen LogP contribution in [0.3, 0.4) is 0 Å². The van der Waals surface area contributed by atoms with Crippen molar-refractivity contribution in [2.75, 3.05) is 43.6 Å². The van der Waals surface area contributed by atoms with Gasteiger partial charge in [-0.2, -0.15) is 5.10 Å². The first-order chi connectivity index (χ1) is 17.2. The van der Waals surface area contributed by atoms with Gasteiger partial charge in [-0.25, -0.2) is 0 Å². The number of rotatable bonds is 7. The lowest BCUT2D eigenvalue weighted by Crippen LogP contribution is -2.36. The molecule has 1 fully saturated rings. The minimum Gasteiger partial charge on any atom is -0.497 e. The van der Waals surface area contributed by atoms with Gasteiger partial charge in [0.25, 0.3) is 5.91 Å². The van der Waals surface area contributed by atoms with Gasteiger partial charge in [-0.15, -0.1) is 0 Å². The molecule has 35 heavy (non-hydrogen) atoms. The number of anilines is 2. The van der Waals surface area contributed by atoms with Gasteiger partial charge in [0.1, 0.15) is 11.4 Å². The van der Waals surface area contributed by atoms with Gasteiger partial charge in [0, 0.05) is 36.2 Å². The van der Waals surface area contributed by atoms with Crippen molar-refractivity contribution in [2.45, 2.75) is 6.54 Å². The topological polar surface area (TPSA) is 68.6 Å². The number of carbonyl (C=O) groups excluding carboxylic acids is 1. The molecule has 1 aromatic heterocycles. The summed E-state index contributed by atoms with van der Waals surface area (Å²) in [6, 6.07) is 25.6. The highest BCUT2D eigenvalue weighted by Crippen LogP contribution is 2.27. The second-order valence-corrected chi connectivity index (χ2v) is 8.41. The van der Waals surface area contributed by atoms with Crippen molar-refractivity contribution >= 4 is 17.3 Å². The van der Waals surface area contributed by atoms with Crippen LogP contribution in [-0.2, 0) is 11.3 Å². The lowest BCUT2D eigenvalue weighted by atomic mass is 10.1. The molecule has 2 heterocycles. The molecule has 1 saturated heterocycles. The summed E-state index contributed by atoms with van der Waals surface area (Å²) in [4.78, 5) is 15.7. The second kappa shape index (κ2) is 10.4. The van der Waals surface area contributed by atoms with Gasteiger partial charge < -0.3 is 19.7 Å². The Morgan fingerprint density at radius 2 is 1.77 bits per heavy atom. The average molecular weight is 469 g/mol. The molecule has 4 aromatic rings. The molecule has 1 amide bonds. The zero-order chi connectivity index (χ0) is 24.0. The Hall–Kier alpha value is -4.10. The van der Waals surface area contributed by atoms with Gasteiger partial charge in [0.05, 0.1) is 32.4 Å². The number of nitrogens with zero attached hydrogens (tertiary/aromatic N) is 3. The Kier molecular flexibility index (Phi) is 6.77. The normalized spacial score (nSPS) is 13.5. The Bertz CT molecular complexity index is 1280. The molecule has 7 nitrogen and oxygen atoms in total. The van der Waals surface area contributed by atoms with E-state index >= 15 is 0 Å². The van der Waals surface area contributed by atoms with Crippen LogP contribution in [0.5, 0.6) is 5.75 Å². The molecule has 0 radical (unpaired) electrons. The third-order valence-corrected chi connectivity index (χ3v) is 6.04. The van der Waals surface area contributed by atoms with Crippen LogP contribution in [-0.4, -0.2) is 49.1 Å². The van der Waals surface area contributed by atoms with Crippen LogP contribution in [0.4, 0.5) is 11.4 Å². The van der Waals surface area contributed by atoms with E-state index in [4.69, 9.17) is 14.6 Å². The minimum absolute atomic E-state index is 0.207. The van der Waals surface area contributed by atoms with Crippen molar-refractivity contribution in [1.82, 2.24) is 9.78 Å². The fourth-order valence-electron chi connectivity index (χ4n) is 4.20. The van der Waals surface area contributed by atoms with E-state index in [9.17, 15) is 4.79 Å². The van der Waals surface area contributed by atoms with Crippen LogP contribution >= 0.6 is 0 Å². The van der Waals surface area contributed by atoms with Crippen LogP contribution in [0.1, 0.15) is 15.9 Å². The maximum Gasteiger partial charge on any atom is 0.259 e. The Balaban J connectivity index is 1.41. The van der Waals surface area contributed by atoms with Crippen molar-refractivity contribution in [3.05, 3.63) is 96.2 Å². The lowest BCUT2D eigenvalue weighted by Gasteiger charge is -2.28. The number of aromatic nitrogens is 2. The monoisotopic (exact) mass is 468 g/mol. The number of benzene rings is 3. The van der Waals surface area contributed by atoms with E-state index in [2.05, 4.69) is 10.2 Å². The summed E-state index contributed by atoms with van der Waals surface area (Å²) in [6.45, 7) is 3.78. The zero-order valence-corrected chi connectivity index (χ0v) is 19.7. The SMILES string of the molecule is COc1cccc(-c2nn(Cc3ccccc3)cc2C(=O)Nc2ccc(N3CCOCC3)cc2)c1. The molecule has 178 valence electrons. The van der Waals surface area contributed by atoms with Crippen molar-refractivity contribution in [1.29, 1.82) is 0 Å². The maximum atomic E-state index is 13.4. The molecular formula is C28H28N4O3. The summed E-state index contributed by atoms with van der Waals surface area (Å²) in [5, 5.41) is 7.81. The predicted octanol–water partition coefficient (Wildman–Crippen LogP) is 4.70. The second-order valence-electron chi connectivity index (χ2n) is 8.41. The van der Waals surface area contributed by atoms with E-state index in [0.29, 0.717) is 23.6 Å². The van der Waals surface area contributed by atoms with E-state index in [1.807, 2.05) is 78.9 Å². The molecule has 1 aliphatic rings. The zero-order valence-electron chi connectivity index (χ0n) is 19.7. The molecule has 5 rings (SSSR count). The van der Waals surface area contributed by atoms with Gasteiger partial charge >= 0.3 is 0 Å². The number of ether oxygens (including phenoxy) is 2. The largest absolute Gasteiger partial charge is 0.497 e. The number of hydrogen-bond donors (Lipinski definition) is 1. The molecule has 0 bridgehead atoms.